The monoisotopic (exact) mass is 264 g/mol. The third-order valence-corrected chi connectivity index (χ3v) is 2.71. The van der Waals surface area contributed by atoms with E-state index >= 15 is 0 Å². The van der Waals surface area contributed by atoms with E-state index in [0.717, 1.165) is 12.8 Å². The molecule has 0 spiro atoms. The van der Waals surface area contributed by atoms with Gasteiger partial charge in [0.15, 0.2) is 0 Å². The number of amides is 1. The number of carbonyl (C=O) groups is 2. The van der Waals surface area contributed by atoms with Crippen molar-refractivity contribution in [2.75, 3.05) is 24.7 Å². The van der Waals surface area contributed by atoms with Crippen molar-refractivity contribution in [1.82, 2.24) is 10.3 Å². The molecule has 19 heavy (non-hydrogen) atoms. The fraction of sp³-hybridized carbons (Fsp3) is 0.417. The lowest BCUT2D eigenvalue weighted by molar-refractivity contribution is -0.119. The first-order valence-electron chi connectivity index (χ1n) is 5.97. The number of ether oxygens (including phenoxy) is 1. The Kier molecular flexibility index (Phi) is 3.84. The molecule has 1 aliphatic carbocycles. The third-order valence-electron chi connectivity index (χ3n) is 2.71. The molecule has 0 aromatic carbocycles. The molecule has 0 atom stereocenters. The molecule has 0 bridgehead atoms. The highest BCUT2D eigenvalue weighted by Crippen LogP contribution is 2.19. The quantitative estimate of drug-likeness (QED) is 0.653. The van der Waals surface area contributed by atoms with Gasteiger partial charge in [-0.25, -0.2) is 9.78 Å². The maximum atomic E-state index is 11.6. The molecule has 1 aromatic heterocycles. The van der Waals surface area contributed by atoms with Crippen LogP contribution >= 0.6 is 0 Å². The summed E-state index contributed by atoms with van der Waals surface area (Å²) in [4.78, 5) is 27.0. The van der Waals surface area contributed by atoms with Crippen LogP contribution in [0.1, 0.15) is 23.2 Å². The van der Waals surface area contributed by atoms with Crippen molar-refractivity contribution in [2.45, 2.75) is 18.9 Å². The predicted octanol–water partition coefficient (Wildman–Crippen LogP) is 0.141. The summed E-state index contributed by atoms with van der Waals surface area (Å²) >= 11 is 0. The van der Waals surface area contributed by atoms with Gasteiger partial charge in [0.25, 0.3) is 0 Å². The fourth-order valence-corrected chi connectivity index (χ4v) is 1.57. The second-order valence-corrected chi connectivity index (χ2v) is 4.34. The van der Waals surface area contributed by atoms with Crippen molar-refractivity contribution < 1.29 is 14.3 Å². The Bertz CT molecular complexity index is 500. The Morgan fingerprint density at radius 1 is 1.53 bits per heavy atom. The lowest BCUT2D eigenvalue weighted by atomic mass is 10.2. The van der Waals surface area contributed by atoms with Crippen molar-refractivity contribution in [2.24, 2.45) is 0 Å². The highest BCUT2D eigenvalue weighted by molar-refractivity contribution is 5.96. The van der Waals surface area contributed by atoms with Gasteiger partial charge in [-0.3, -0.25) is 4.79 Å². The Balaban J connectivity index is 2.01. The van der Waals surface area contributed by atoms with E-state index in [1.54, 1.807) is 0 Å². The van der Waals surface area contributed by atoms with E-state index in [1.807, 2.05) is 0 Å². The second-order valence-electron chi connectivity index (χ2n) is 4.34. The van der Waals surface area contributed by atoms with Gasteiger partial charge in [0.2, 0.25) is 5.91 Å². The Hall–Kier alpha value is -2.31. The summed E-state index contributed by atoms with van der Waals surface area (Å²) in [5.41, 5.74) is 6.21. The third kappa shape index (κ3) is 3.57. The van der Waals surface area contributed by atoms with E-state index < -0.39 is 5.97 Å². The molecular weight excluding hydrogens is 248 g/mol. The number of hydrogen-bond donors (Lipinski definition) is 3. The van der Waals surface area contributed by atoms with Crippen LogP contribution in [0.5, 0.6) is 0 Å². The number of pyridine rings is 1. The fourth-order valence-electron chi connectivity index (χ4n) is 1.57. The first-order chi connectivity index (χ1) is 9.10. The number of nitrogens with zero attached hydrogens (tertiary/aromatic N) is 1. The first-order valence-corrected chi connectivity index (χ1v) is 5.97. The number of nitrogen functional groups attached to an aromatic ring is 1. The largest absolute Gasteiger partial charge is 0.465 e. The predicted molar refractivity (Wildman–Crippen MR) is 69.6 cm³/mol. The normalized spacial score (nSPS) is 13.7. The van der Waals surface area contributed by atoms with Crippen LogP contribution in [-0.2, 0) is 9.53 Å². The van der Waals surface area contributed by atoms with Crippen molar-refractivity contribution in [3.63, 3.8) is 0 Å². The van der Waals surface area contributed by atoms with Crippen LogP contribution in [0.25, 0.3) is 0 Å². The van der Waals surface area contributed by atoms with Crippen LogP contribution in [-0.4, -0.2) is 36.6 Å². The molecule has 1 fully saturated rings. The molecule has 7 heteroatoms. The van der Waals surface area contributed by atoms with Gasteiger partial charge in [0.1, 0.15) is 5.82 Å². The Morgan fingerprint density at radius 3 is 2.89 bits per heavy atom. The van der Waals surface area contributed by atoms with Crippen LogP contribution in [0.3, 0.4) is 0 Å². The zero-order valence-electron chi connectivity index (χ0n) is 10.6. The number of nitrogens with two attached hydrogens (primary N) is 1. The molecule has 4 N–H and O–H groups in total. The van der Waals surface area contributed by atoms with Crippen LogP contribution in [0, 0.1) is 0 Å². The molecule has 1 saturated carbocycles. The molecule has 0 aliphatic heterocycles. The maximum absolute atomic E-state index is 11.6. The lowest BCUT2D eigenvalue weighted by Gasteiger charge is -2.10. The minimum atomic E-state index is -0.529. The van der Waals surface area contributed by atoms with E-state index in [1.165, 1.54) is 19.4 Å². The minimum absolute atomic E-state index is 0.0755. The summed E-state index contributed by atoms with van der Waals surface area (Å²) < 4.78 is 4.65. The molecule has 1 amide bonds. The number of aromatic nitrogens is 1. The van der Waals surface area contributed by atoms with Crippen LogP contribution in [0.2, 0.25) is 0 Å². The molecular formula is C12H16N4O3. The Labute approximate surface area is 110 Å². The highest BCUT2D eigenvalue weighted by Gasteiger charge is 2.23. The van der Waals surface area contributed by atoms with Crippen molar-refractivity contribution in [3.05, 3.63) is 17.8 Å². The smallest absolute Gasteiger partial charge is 0.340 e. The van der Waals surface area contributed by atoms with Gasteiger partial charge >= 0.3 is 5.97 Å². The number of carbonyl (C=O) groups excluding carboxylic acids is 2. The summed E-state index contributed by atoms with van der Waals surface area (Å²) in [5, 5.41) is 5.69. The number of methoxy groups -OCH3 is 1. The van der Waals surface area contributed by atoms with E-state index in [2.05, 4.69) is 20.4 Å². The number of rotatable bonds is 5. The van der Waals surface area contributed by atoms with Gasteiger partial charge in [-0.1, -0.05) is 0 Å². The standard InChI is InChI=1S/C12H16N4O3/c1-19-12(18)8-4-10(13)15-5-9(8)14-6-11(17)16-7-2-3-7/h4-5,7,14H,2-3,6H2,1H3,(H2,13,15)(H,16,17). The SMILES string of the molecule is COC(=O)c1cc(N)ncc1NCC(=O)NC1CC1. The molecule has 1 aromatic rings. The highest BCUT2D eigenvalue weighted by atomic mass is 16.5. The minimum Gasteiger partial charge on any atom is -0.465 e. The number of esters is 1. The maximum Gasteiger partial charge on any atom is 0.340 e. The van der Waals surface area contributed by atoms with Crippen LogP contribution < -0.4 is 16.4 Å². The summed E-state index contributed by atoms with van der Waals surface area (Å²) in [7, 11) is 1.28. The number of nitrogens with one attached hydrogen (secondary N) is 2. The van der Waals surface area contributed by atoms with Gasteiger partial charge in [-0.2, -0.15) is 0 Å². The van der Waals surface area contributed by atoms with E-state index in [0.29, 0.717) is 11.7 Å². The summed E-state index contributed by atoms with van der Waals surface area (Å²) in [5.74, 6) is -0.428. The van der Waals surface area contributed by atoms with Gasteiger partial charge in [0, 0.05) is 6.04 Å². The molecule has 0 saturated heterocycles. The average Bonchev–Trinajstić information content (AvgIpc) is 3.20. The lowest BCUT2D eigenvalue weighted by Crippen LogP contribution is -2.31. The second kappa shape index (κ2) is 5.55. The molecule has 2 rings (SSSR count). The average molecular weight is 264 g/mol. The van der Waals surface area contributed by atoms with E-state index in [-0.39, 0.29) is 23.8 Å². The molecule has 102 valence electrons. The number of anilines is 2. The van der Waals surface area contributed by atoms with Crippen molar-refractivity contribution >= 4 is 23.4 Å². The van der Waals surface area contributed by atoms with Gasteiger partial charge < -0.3 is 21.1 Å². The number of hydrogen-bond acceptors (Lipinski definition) is 6. The molecule has 0 radical (unpaired) electrons. The molecule has 1 aliphatic rings. The van der Waals surface area contributed by atoms with Crippen LogP contribution in [0.4, 0.5) is 11.5 Å². The van der Waals surface area contributed by atoms with Crippen molar-refractivity contribution in [1.29, 1.82) is 0 Å². The first kappa shape index (κ1) is 13.1. The summed E-state index contributed by atoms with van der Waals surface area (Å²) in [6, 6.07) is 1.71. The molecule has 7 nitrogen and oxygen atoms in total. The topological polar surface area (TPSA) is 106 Å². The zero-order chi connectivity index (χ0) is 13.8. The van der Waals surface area contributed by atoms with E-state index in [4.69, 9.17) is 5.73 Å². The van der Waals surface area contributed by atoms with Gasteiger partial charge in [0.05, 0.1) is 31.1 Å². The Morgan fingerprint density at radius 2 is 2.26 bits per heavy atom. The van der Waals surface area contributed by atoms with E-state index in [9.17, 15) is 9.59 Å². The van der Waals surface area contributed by atoms with Crippen molar-refractivity contribution in [3.8, 4) is 0 Å². The molecule has 1 heterocycles. The zero-order valence-corrected chi connectivity index (χ0v) is 10.6. The van der Waals surface area contributed by atoms with Gasteiger partial charge in [-0.15, -0.1) is 0 Å². The van der Waals surface area contributed by atoms with Gasteiger partial charge in [-0.05, 0) is 18.9 Å². The summed E-state index contributed by atoms with van der Waals surface area (Å²) in [6.45, 7) is 0.0755. The molecule has 0 unspecified atom stereocenters. The summed E-state index contributed by atoms with van der Waals surface area (Å²) in [6.07, 6.45) is 3.47. The van der Waals surface area contributed by atoms with Crippen LogP contribution in [0.15, 0.2) is 12.3 Å².